The van der Waals surface area contributed by atoms with Gasteiger partial charge in [-0.15, -0.1) is 0 Å². The average Bonchev–Trinajstić information content (AvgIpc) is 3.03. The average molecular weight is 398 g/mol. The van der Waals surface area contributed by atoms with E-state index in [1.165, 1.54) is 0 Å². The molecule has 3 rings (SSSR count). The van der Waals surface area contributed by atoms with Gasteiger partial charge in [0.25, 0.3) is 5.91 Å². The molecule has 150 valence electrons. The summed E-state index contributed by atoms with van der Waals surface area (Å²) in [7, 11) is -3.00. The summed E-state index contributed by atoms with van der Waals surface area (Å²) < 4.78 is 28.9. The maximum Gasteiger partial charge on any atom is 0.270 e. The molecule has 9 nitrogen and oxygen atoms in total. The Labute approximate surface area is 160 Å². The molecular weight excluding hydrogens is 370 g/mol. The van der Waals surface area contributed by atoms with E-state index in [0.717, 1.165) is 32.8 Å². The van der Waals surface area contributed by atoms with Crippen LogP contribution in [0.2, 0.25) is 0 Å². The molecule has 10 heteroatoms. The van der Waals surface area contributed by atoms with Gasteiger partial charge in [-0.1, -0.05) is 0 Å². The topological polar surface area (TPSA) is 105 Å². The van der Waals surface area contributed by atoms with Gasteiger partial charge in [0.15, 0.2) is 9.84 Å². The lowest BCUT2D eigenvalue weighted by Gasteiger charge is -2.27. The molecule has 0 aromatic carbocycles. The molecule has 1 N–H and O–H groups in total. The molecule has 1 aromatic heterocycles. The van der Waals surface area contributed by atoms with Crippen molar-refractivity contribution >= 4 is 21.7 Å². The van der Waals surface area contributed by atoms with E-state index >= 15 is 0 Å². The number of carbonyl (C=O) groups excluding carboxylic acids is 1. The lowest BCUT2D eigenvalue weighted by molar-refractivity contribution is 0.0383. The van der Waals surface area contributed by atoms with Crippen molar-refractivity contribution in [3.05, 3.63) is 18.0 Å². The molecular formula is C17H27N5O4S. The second kappa shape index (κ2) is 8.94. The highest BCUT2D eigenvalue weighted by atomic mass is 32.2. The Kier molecular flexibility index (Phi) is 6.61. The highest BCUT2D eigenvalue weighted by molar-refractivity contribution is 7.91. The van der Waals surface area contributed by atoms with Crippen LogP contribution >= 0.6 is 0 Å². The summed E-state index contributed by atoms with van der Waals surface area (Å²) in [6.45, 7) is 7.04. The quantitative estimate of drug-likeness (QED) is 0.660. The van der Waals surface area contributed by atoms with Crippen LogP contribution < -0.4 is 10.2 Å². The predicted molar refractivity (Wildman–Crippen MR) is 102 cm³/mol. The van der Waals surface area contributed by atoms with Gasteiger partial charge in [-0.3, -0.25) is 9.69 Å². The number of nitrogens with zero attached hydrogens (tertiary/aromatic N) is 4. The van der Waals surface area contributed by atoms with Crippen LogP contribution in [-0.2, 0) is 14.6 Å². The zero-order valence-corrected chi connectivity index (χ0v) is 16.4. The number of carbonyl (C=O) groups is 1. The molecule has 1 atom stereocenters. The highest BCUT2D eigenvalue weighted by Gasteiger charge is 2.33. The van der Waals surface area contributed by atoms with E-state index < -0.39 is 9.84 Å². The first kappa shape index (κ1) is 20.0. The minimum Gasteiger partial charge on any atom is -0.379 e. The normalized spacial score (nSPS) is 22.5. The first-order valence-electron chi connectivity index (χ1n) is 9.37. The molecule has 2 aliphatic rings. The van der Waals surface area contributed by atoms with Crippen LogP contribution in [0.5, 0.6) is 0 Å². The number of ether oxygens (including phenoxy) is 1. The summed E-state index contributed by atoms with van der Waals surface area (Å²) >= 11 is 0. The van der Waals surface area contributed by atoms with Crippen LogP contribution in [0.15, 0.2) is 12.3 Å². The van der Waals surface area contributed by atoms with Crippen molar-refractivity contribution in [2.24, 2.45) is 0 Å². The monoisotopic (exact) mass is 397 g/mol. The molecule has 0 radical (unpaired) electrons. The summed E-state index contributed by atoms with van der Waals surface area (Å²) in [6.07, 6.45) is 2.11. The van der Waals surface area contributed by atoms with E-state index in [1.54, 1.807) is 12.3 Å². The first-order chi connectivity index (χ1) is 13.0. The Bertz CT molecular complexity index is 751. The molecule has 0 aliphatic carbocycles. The number of morpholine rings is 1. The van der Waals surface area contributed by atoms with Crippen LogP contribution in [-0.4, -0.2) is 92.7 Å². The summed E-state index contributed by atoms with van der Waals surface area (Å²) in [6, 6.07) is 1.44. The van der Waals surface area contributed by atoms with Crippen molar-refractivity contribution < 1.29 is 17.9 Å². The van der Waals surface area contributed by atoms with Crippen molar-refractivity contribution in [2.45, 2.75) is 19.4 Å². The van der Waals surface area contributed by atoms with Crippen molar-refractivity contribution in [3.8, 4) is 0 Å². The van der Waals surface area contributed by atoms with Crippen molar-refractivity contribution in [1.82, 2.24) is 20.2 Å². The van der Waals surface area contributed by atoms with Gasteiger partial charge in [0.1, 0.15) is 5.69 Å². The Balaban J connectivity index is 1.59. The molecule has 2 aliphatic heterocycles. The van der Waals surface area contributed by atoms with E-state index in [4.69, 9.17) is 4.74 Å². The SMILES string of the molecule is CCN(c1nccc(C(=O)NCCN2CCOCC2)n1)C1CCS(=O)(=O)C1. The zero-order chi connectivity index (χ0) is 19.3. The smallest absolute Gasteiger partial charge is 0.270 e. The number of aromatic nitrogens is 2. The van der Waals surface area contributed by atoms with E-state index in [1.807, 2.05) is 11.8 Å². The maximum atomic E-state index is 12.4. The number of sulfone groups is 1. The first-order valence-corrected chi connectivity index (χ1v) is 11.2. The van der Waals surface area contributed by atoms with Crippen molar-refractivity contribution in [2.75, 3.05) is 62.3 Å². The minimum absolute atomic E-state index is 0.111. The van der Waals surface area contributed by atoms with Gasteiger partial charge in [0.2, 0.25) is 5.95 Å². The summed E-state index contributed by atoms with van der Waals surface area (Å²) in [5.74, 6) is 0.457. The Morgan fingerprint density at radius 3 is 2.85 bits per heavy atom. The molecule has 0 saturated carbocycles. The van der Waals surface area contributed by atoms with Crippen LogP contribution in [0.1, 0.15) is 23.8 Å². The number of nitrogens with one attached hydrogen (secondary N) is 1. The second-order valence-electron chi connectivity index (χ2n) is 6.79. The van der Waals surface area contributed by atoms with Crippen LogP contribution in [0.4, 0.5) is 5.95 Å². The molecule has 0 spiro atoms. The molecule has 1 unspecified atom stereocenters. The fourth-order valence-electron chi connectivity index (χ4n) is 3.44. The second-order valence-corrected chi connectivity index (χ2v) is 9.02. The number of anilines is 1. The van der Waals surface area contributed by atoms with E-state index in [9.17, 15) is 13.2 Å². The number of hydrogen-bond acceptors (Lipinski definition) is 8. The standard InChI is InChI=1S/C17H27N5O4S/c1-2-22(14-4-12-27(24,25)13-14)17-19-5-3-15(20-17)16(23)18-6-7-21-8-10-26-11-9-21/h3,5,14H,2,4,6-13H2,1H3,(H,18,23). The van der Waals surface area contributed by atoms with Crippen molar-refractivity contribution in [3.63, 3.8) is 0 Å². The van der Waals surface area contributed by atoms with Gasteiger partial charge in [-0.2, -0.15) is 0 Å². The third-order valence-corrected chi connectivity index (χ3v) is 6.69. The summed E-state index contributed by atoms with van der Waals surface area (Å²) in [4.78, 5) is 25.2. The lowest BCUT2D eigenvalue weighted by atomic mass is 10.2. The molecule has 27 heavy (non-hydrogen) atoms. The van der Waals surface area contributed by atoms with E-state index in [2.05, 4.69) is 20.2 Å². The Morgan fingerprint density at radius 2 is 2.19 bits per heavy atom. The third kappa shape index (κ3) is 5.36. The van der Waals surface area contributed by atoms with Crippen LogP contribution in [0, 0.1) is 0 Å². The third-order valence-electron chi connectivity index (χ3n) is 4.94. The Hall–Kier alpha value is -1.78. The molecule has 2 fully saturated rings. The molecule has 2 saturated heterocycles. The van der Waals surface area contributed by atoms with Crippen LogP contribution in [0.3, 0.4) is 0 Å². The molecule has 3 heterocycles. The predicted octanol–water partition coefficient (Wildman–Crippen LogP) is -0.448. The fraction of sp³-hybridized carbons (Fsp3) is 0.706. The number of amides is 1. The van der Waals surface area contributed by atoms with Gasteiger partial charge < -0.3 is 15.0 Å². The van der Waals surface area contributed by atoms with E-state index in [0.29, 0.717) is 31.2 Å². The minimum atomic E-state index is -3.00. The number of hydrogen-bond donors (Lipinski definition) is 1. The number of rotatable bonds is 7. The van der Waals surface area contributed by atoms with Gasteiger partial charge >= 0.3 is 0 Å². The van der Waals surface area contributed by atoms with Gasteiger partial charge in [0, 0.05) is 45.0 Å². The van der Waals surface area contributed by atoms with Gasteiger partial charge in [-0.05, 0) is 19.4 Å². The van der Waals surface area contributed by atoms with Crippen molar-refractivity contribution in [1.29, 1.82) is 0 Å². The van der Waals surface area contributed by atoms with Gasteiger partial charge in [0.05, 0.1) is 24.7 Å². The highest BCUT2D eigenvalue weighted by Crippen LogP contribution is 2.21. The Morgan fingerprint density at radius 1 is 1.41 bits per heavy atom. The zero-order valence-electron chi connectivity index (χ0n) is 15.6. The lowest BCUT2D eigenvalue weighted by Crippen LogP contribution is -2.41. The fourth-order valence-corrected chi connectivity index (χ4v) is 5.17. The molecule has 0 bridgehead atoms. The molecule has 1 aromatic rings. The maximum absolute atomic E-state index is 12.4. The molecule has 1 amide bonds. The van der Waals surface area contributed by atoms with Gasteiger partial charge in [-0.25, -0.2) is 18.4 Å². The summed E-state index contributed by atoms with van der Waals surface area (Å²) in [5, 5.41) is 2.89. The summed E-state index contributed by atoms with van der Waals surface area (Å²) in [5.41, 5.74) is 0.293. The van der Waals surface area contributed by atoms with E-state index in [-0.39, 0.29) is 23.5 Å². The van der Waals surface area contributed by atoms with Crippen LogP contribution in [0.25, 0.3) is 0 Å². The largest absolute Gasteiger partial charge is 0.379 e.